The van der Waals surface area contributed by atoms with Crippen LogP contribution in [0.15, 0.2) is 48.5 Å². The average molecular weight is 377 g/mol. The smallest absolute Gasteiger partial charge is 0.269 e. The van der Waals surface area contributed by atoms with Gasteiger partial charge in [0, 0.05) is 18.7 Å². The summed E-state index contributed by atoms with van der Waals surface area (Å²) in [6, 6.07) is 12.7. The van der Waals surface area contributed by atoms with Crippen molar-refractivity contribution in [2.45, 2.75) is 18.7 Å². The average Bonchev–Trinajstić information content (AvgIpc) is 2.61. The van der Waals surface area contributed by atoms with E-state index in [1.807, 2.05) is 0 Å². The fourth-order valence-corrected chi connectivity index (χ4v) is 3.00. The Hall–Kier alpha value is -2.78. The molecule has 2 N–H and O–H groups in total. The van der Waals surface area contributed by atoms with E-state index in [1.165, 1.54) is 19.2 Å². The van der Waals surface area contributed by atoms with Crippen LogP contribution >= 0.6 is 0 Å². The number of rotatable bonds is 8. The molecule has 26 heavy (non-hydrogen) atoms. The minimum absolute atomic E-state index is 0.0189. The molecule has 0 unspecified atom stereocenters. The Labute approximate surface area is 151 Å². The Morgan fingerprint density at radius 2 is 1.54 bits per heavy atom. The Kier molecular flexibility index (Phi) is 6.42. The highest BCUT2D eigenvalue weighted by molar-refractivity contribution is 7.88. The van der Waals surface area contributed by atoms with Gasteiger partial charge in [-0.25, -0.2) is 13.1 Å². The molecule has 2 aromatic rings. The van der Waals surface area contributed by atoms with Crippen molar-refractivity contribution in [1.82, 2.24) is 10.0 Å². The van der Waals surface area contributed by atoms with Gasteiger partial charge in [0.25, 0.3) is 5.69 Å². The molecule has 0 radical (unpaired) electrons. The predicted octanol–water partition coefficient (Wildman–Crippen LogP) is 1.50. The van der Waals surface area contributed by atoms with Crippen molar-refractivity contribution in [3.63, 3.8) is 0 Å². The highest BCUT2D eigenvalue weighted by atomic mass is 32.2. The first kappa shape index (κ1) is 19.5. The van der Waals surface area contributed by atoms with Crippen LogP contribution in [0.1, 0.15) is 16.7 Å². The lowest BCUT2D eigenvalue weighted by Gasteiger charge is -2.07. The summed E-state index contributed by atoms with van der Waals surface area (Å²) in [4.78, 5) is 22.1. The van der Waals surface area contributed by atoms with Crippen LogP contribution in [0.4, 0.5) is 5.69 Å². The van der Waals surface area contributed by atoms with Gasteiger partial charge >= 0.3 is 0 Å². The standard InChI is InChI=1S/C17H19N3O5S/c1-18-26(24,25)12-15-4-2-14(3-5-15)11-19-17(21)10-13-6-8-16(9-7-13)20(22)23/h2-9,18H,10-12H2,1H3,(H,19,21). The zero-order chi connectivity index (χ0) is 19.2. The van der Waals surface area contributed by atoms with Crippen LogP contribution in [0.3, 0.4) is 0 Å². The van der Waals surface area contributed by atoms with Crippen molar-refractivity contribution in [1.29, 1.82) is 0 Å². The number of nitrogens with zero attached hydrogens (tertiary/aromatic N) is 1. The summed E-state index contributed by atoms with van der Waals surface area (Å²) in [7, 11) is -1.95. The van der Waals surface area contributed by atoms with Crippen molar-refractivity contribution < 1.29 is 18.1 Å². The molecule has 0 aliphatic carbocycles. The Balaban J connectivity index is 1.86. The lowest BCUT2D eigenvalue weighted by molar-refractivity contribution is -0.384. The molecular weight excluding hydrogens is 358 g/mol. The molecule has 1 amide bonds. The Bertz CT molecular complexity index is 878. The number of nitrogens with one attached hydrogen (secondary N) is 2. The monoisotopic (exact) mass is 377 g/mol. The van der Waals surface area contributed by atoms with Crippen LogP contribution in [-0.4, -0.2) is 26.3 Å². The first-order chi connectivity index (χ1) is 12.3. The van der Waals surface area contributed by atoms with Gasteiger partial charge in [-0.1, -0.05) is 36.4 Å². The molecule has 9 heteroatoms. The molecule has 0 aliphatic rings. The molecule has 8 nitrogen and oxygen atoms in total. The van der Waals surface area contributed by atoms with Gasteiger partial charge in [0.05, 0.1) is 17.1 Å². The van der Waals surface area contributed by atoms with Gasteiger partial charge in [0.15, 0.2) is 0 Å². The van der Waals surface area contributed by atoms with E-state index >= 15 is 0 Å². The molecule has 2 rings (SSSR count). The normalized spacial score (nSPS) is 11.1. The molecule has 0 aliphatic heterocycles. The molecule has 0 spiro atoms. The van der Waals surface area contributed by atoms with Crippen molar-refractivity contribution in [2.24, 2.45) is 0 Å². The summed E-state index contributed by atoms with van der Waals surface area (Å²) in [5.41, 5.74) is 2.16. The molecule has 0 saturated heterocycles. The van der Waals surface area contributed by atoms with Crippen LogP contribution < -0.4 is 10.0 Å². The largest absolute Gasteiger partial charge is 0.352 e. The van der Waals surface area contributed by atoms with Crippen molar-refractivity contribution in [3.05, 3.63) is 75.3 Å². The minimum atomic E-state index is -3.32. The molecule has 0 heterocycles. The molecule has 0 atom stereocenters. The number of nitro groups is 1. The number of non-ortho nitro benzene ring substituents is 1. The van der Waals surface area contributed by atoms with E-state index < -0.39 is 14.9 Å². The number of carbonyl (C=O) groups excluding carboxylic acids is 1. The molecule has 2 aromatic carbocycles. The van der Waals surface area contributed by atoms with Crippen LogP contribution in [0, 0.1) is 10.1 Å². The predicted molar refractivity (Wildman–Crippen MR) is 96.8 cm³/mol. The van der Waals surface area contributed by atoms with E-state index in [0.717, 1.165) is 5.56 Å². The first-order valence-electron chi connectivity index (χ1n) is 7.78. The van der Waals surface area contributed by atoms with Gasteiger partial charge in [-0.3, -0.25) is 14.9 Å². The third-order valence-corrected chi connectivity index (χ3v) is 5.03. The topological polar surface area (TPSA) is 118 Å². The fourth-order valence-electron chi connectivity index (χ4n) is 2.23. The Morgan fingerprint density at radius 3 is 2.08 bits per heavy atom. The number of carbonyl (C=O) groups is 1. The maximum atomic E-state index is 12.0. The van der Waals surface area contributed by atoms with Crippen LogP contribution in [-0.2, 0) is 33.5 Å². The van der Waals surface area contributed by atoms with Gasteiger partial charge < -0.3 is 5.32 Å². The van der Waals surface area contributed by atoms with Crippen LogP contribution in [0.25, 0.3) is 0 Å². The third kappa shape index (κ3) is 5.94. The summed E-state index contributed by atoms with van der Waals surface area (Å²) in [6.07, 6.45) is 0.122. The molecule has 0 bridgehead atoms. The molecular formula is C17H19N3O5S. The van der Waals surface area contributed by atoms with Crippen LogP contribution in [0.2, 0.25) is 0 Å². The van der Waals surface area contributed by atoms with Crippen LogP contribution in [0.5, 0.6) is 0 Å². The highest BCUT2D eigenvalue weighted by Gasteiger charge is 2.09. The zero-order valence-electron chi connectivity index (χ0n) is 14.1. The number of amides is 1. The maximum Gasteiger partial charge on any atom is 0.269 e. The number of hydrogen-bond acceptors (Lipinski definition) is 5. The number of sulfonamides is 1. The van der Waals surface area contributed by atoms with Gasteiger partial charge in [-0.2, -0.15) is 0 Å². The molecule has 0 fully saturated rings. The minimum Gasteiger partial charge on any atom is -0.352 e. The van der Waals surface area contributed by atoms with E-state index in [4.69, 9.17) is 0 Å². The van der Waals surface area contributed by atoms with Crippen molar-refractivity contribution >= 4 is 21.6 Å². The quantitative estimate of drug-likeness (QED) is 0.534. The summed E-state index contributed by atoms with van der Waals surface area (Å²) >= 11 is 0. The summed E-state index contributed by atoms with van der Waals surface area (Å²) in [6.45, 7) is 0.310. The summed E-state index contributed by atoms with van der Waals surface area (Å²) in [5, 5.41) is 13.4. The number of nitro benzene ring substituents is 1. The van der Waals surface area contributed by atoms with Gasteiger partial charge in [-0.15, -0.1) is 0 Å². The SMILES string of the molecule is CNS(=O)(=O)Cc1ccc(CNC(=O)Cc2ccc([N+](=O)[O-])cc2)cc1. The van der Waals surface area contributed by atoms with E-state index in [1.54, 1.807) is 36.4 Å². The molecule has 0 saturated carbocycles. The fraction of sp³-hybridized carbons (Fsp3) is 0.235. The second-order valence-corrected chi connectivity index (χ2v) is 7.58. The first-order valence-corrected chi connectivity index (χ1v) is 9.43. The third-order valence-electron chi connectivity index (χ3n) is 3.69. The van der Waals surface area contributed by atoms with Gasteiger partial charge in [0.2, 0.25) is 15.9 Å². The number of hydrogen-bond donors (Lipinski definition) is 2. The second kappa shape index (κ2) is 8.54. The maximum absolute atomic E-state index is 12.0. The van der Waals surface area contributed by atoms with Crippen molar-refractivity contribution in [2.75, 3.05) is 7.05 Å². The van der Waals surface area contributed by atoms with E-state index in [9.17, 15) is 23.3 Å². The molecule has 0 aromatic heterocycles. The summed E-state index contributed by atoms with van der Waals surface area (Å²) < 4.78 is 25.2. The van der Waals surface area contributed by atoms with Gasteiger partial charge in [-0.05, 0) is 23.7 Å². The van der Waals surface area contributed by atoms with Crippen molar-refractivity contribution in [3.8, 4) is 0 Å². The van der Waals surface area contributed by atoms with E-state index in [2.05, 4.69) is 10.0 Å². The lowest BCUT2D eigenvalue weighted by Crippen LogP contribution is -2.24. The van der Waals surface area contributed by atoms with Gasteiger partial charge in [0.1, 0.15) is 0 Å². The lowest BCUT2D eigenvalue weighted by atomic mass is 10.1. The molecule has 138 valence electrons. The summed E-state index contributed by atoms with van der Waals surface area (Å²) in [5.74, 6) is -0.309. The Morgan fingerprint density at radius 1 is 1.00 bits per heavy atom. The number of benzene rings is 2. The van der Waals surface area contributed by atoms with E-state index in [0.29, 0.717) is 17.7 Å². The zero-order valence-corrected chi connectivity index (χ0v) is 15.0. The second-order valence-electron chi connectivity index (χ2n) is 5.66. The van der Waals surface area contributed by atoms with E-state index in [-0.39, 0.29) is 23.8 Å². The highest BCUT2D eigenvalue weighted by Crippen LogP contribution is 2.12.